The van der Waals surface area contributed by atoms with Crippen LogP contribution in [-0.4, -0.2) is 55.5 Å². The van der Waals surface area contributed by atoms with Crippen LogP contribution in [0.2, 0.25) is 0 Å². The molecule has 0 spiro atoms. The van der Waals surface area contributed by atoms with Crippen molar-refractivity contribution in [3.8, 4) is 5.75 Å². The number of ether oxygens (including phenoxy) is 1. The highest BCUT2D eigenvalue weighted by atomic mass is 127. The summed E-state index contributed by atoms with van der Waals surface area (Å²) in [4.78, 5) is 21.5. The second-order valence-corrected chi connectivity index (χ2v) is 7.92. The van der Waals surface area contributed by atoms with E-state index in [2.05, 4.69) is 29.3 Å². The van der Waals surface area contributed by atoms with Crippen molar-refractivity contribution in [3.63, 3.8) is 0 Å². The van der Waals surface area contributed by atoms with Crippen LogP contribution in [0.3, 0.4) is 0 Å². The number of amides is 1. The third-order valence-electron chi connectivity index (χ3n) is 5.53. The molecule has 2 aromatic rings. The first-order chi connectivity index (χ1) is 15.1. The largest absolute Gasteiger partial charge is 0.497 e. The zero-order valence-electron chi connectivity index (χ0n) is 19.3. The highest BCUT2D eigenvalue weighted by Crippen LogP contribution is 2.15. The number of rotatable bonds is 7. The lowest BCUT2D eigenvalue weighted by Crippen LogP contribution is -2.38. The molecule has 7 heteroatoms. The maximum atomic E-state index is 12.6. The second kappa shape index (κ2) is 13.3. The molecule has 0 radical (unpaired) electrons. The predicted molar refractivity (Wildman–Crippen MR) is 141 cm³/mol. The molecule has 0 bridgehead atoms. The first-order valence-corrected chi connectivity index (χ1v) is 11.1. The van der Waals surface area contributed by atoms with E-state index in [0.29, 0.717) is 6.54 Å². The molecule has 1 heterocycles. The fourth-order valence-electron chi connectivity index (χ4n) is 3.75. The molecule has 1 aliphatic rings. The van der Waals surface area contributed by atoms with Crippen molar-refractivity contribution in [1.82, 2.24) is 15.1 Å². The average Bonchev–Trinajstić information content (AvgIpc) is 2.82. The summed E-state index contributed by atoms with van der Waals surface area (Å²) in [6.45, 7) is 5.92. The van der Waals surface area contributed by atoms with Gasteiger partial charge in [0.05, 0.1) is 13.7 Å². The molecule has 1 N–H and O–H groups in total. The van der Waals surface area contributed by atoms with E-state index in [1.165, 1.54) is 12.0 Å². The lowest BCUT2D eigenvalue weighted by molar-refractivity contribution is 0.0724. The Balaban J connectivity index is 0.00000363. The number of hydrogen-bond acceptors (Lipinski definition) is 3. The number of guanidine groups is 1. The molecule has 0 aliphatic carbocycles. The summed E-state index contributed by atoms with van der Waals surface area (Å²) in [7, 11) is 3.71. The van der Waals surface area contributed by atoms with Gasteiger partial charge in [-0.2, -0.15) is 0 Å². The Kier molecular flexibility index (Phi) is 10.8. The van der Waals surface area contributed by atoms with Crippen molar-refractivity contribution in [1.29, 1.82) is 0 Å². The minimum atomic E-state index is 0. The molecule has 0 saturated carbocycles. The van der Waals surface area contributed by atoms with Crippen molar-refractivity contribution in [3.05, 3.63) is 65.2 Å². The van der Waals surface area contributed by atoms with Gasteiger partial charge in [0.2, 0.25) is 0 Å². The van der Waals surface area contributed by atoms with Crippen molar-refractivity contribution < 1.29 is 9.53 Å². The Labute approximate surface area is 209 Å². The summed E-state index contributed by atoms with van der Waals surface area (Å²) >= 11 is 0. The zero-order chi connectivity index (χ0) is 22.1. The van der Waals surface area contributed by atoms with Crippen molar-refractivity contribution in [2.45, 2.75) is 39.3 Å². The van der Waals surface area contributed by atoms with Crippen LogP contribution < -0.4 is 10.1 Å². The topological polar surface area (TPSA) is 57.2 Å². The third-order valence-corrected chi connectivity index (χ3v) is 5.53. The lowest BCUT2D eigenvalue weighted by Gasteiger charge is -2.26. The Morgan fingerprint density at radius 2 is 1.66 bits per heavy atom. The van der Waals surface area contributed by atoms with E-state index >= 15 is 0 Å². The van der Waals surface area contributed by atoms with Crippen LogP contribution in [0.1, 0.15) is 47.7 Å². The Hall–Kier alpha value is -2.29. The van der Waals surface area contributed by atoms with Gasteiger partial charge in [-0.1, -0.05) is 24.3 Å². The Morgan fingerprint density at radius 1 is 1.03 bits per heavy atom. The number of likely N-dealkylation sites (tertiary alicyclic amines) is 1. The van der Waals surface area contributed by atoms with Gasteiger partial charge in [-0.3, -0.25) is 4.79 Å². The van der Waals surface area contributed by atoms with E-state index in [1.807, 2.05) is 48.3 Å². The maximum Gasteiger partial charge on any atom is 0.253 e. The number of nitrogens with zero attached hydrogens (tertiary/aromatic N) is 3. The van der Waals surface area contributed by atoms with Crippen LogP contribution >= 0.6 is 24.0 Å². The third kappa shape index (κ3) is 7.39. The number of methoxy groups -OCH3 is 1. The first-order valence-electron chi connectivity index (χ1n) is 11.1. The van der Waals surface area contributed by atoms with Crippen molar-refractivity contribution in [2.75, 3.05) is 33.8 Å². The smallest absolute Gasteiger partial charge is 0.253 e. The summed E-state index contributed by atoms with van der Waals surface area (Å²) in [6.07, 6.45) is 3.44. The molecule has 1 aliphatic heterocycles. The molecule has 174 valence electrons. The van der Waals surface area contributed by atoms with Crippen LogP contribution in [0.4, 0.5) is 0 Å². The van der Waals surface area contributed by atoms with Gasteiger partial charge in [0.1, 0.15) is 5.75 Å². The number of carbonyl (C=O) groups is 1. The maximum absolute atomic E-state index is 12.6. The highest BCUT2D eigenvalue weighted by Gasteiger charge is 2.17. The minimum absolute atomic E-state index is 0. The van der Waals surface area contributed by atoms with Gasteiger partial charge in [-0.15, -0.1) is 24.0 Å². The van der Waals surface area contributed by atoms with Crippen molar-refractivity contribution in [2.24, 2.45) is 4.99 Å². The van der Waals surface area contributed by atoms with E-state index in [0.717, 1.165) is 61.9 Å². The zero-order valence-corrected chi connectivity index (χ0v) is 21.7. The summed E-state index contributed by atoms with van der Waals surface area (Å²) in [5.74, 6) is 1.85. The van der Waals surface area contributed by atoms with Crippen LogP contribution in [0.15, 0.2) is 53.5 Å². The lowest BCUT2D eigenvalue weighted by atomic mass is 10.1. The molecule has 2 aromatic carbocycles. The minimum Gasteiger partial charge on any atom is -0.497 e. The Morgan fingerprint density at radius 3 is 2.25 bits per heavy atom. The van der Waals surface area contributed by atoms with Crippen LogP contribution in [0.25, 0.3) is 0 Å². The highest BCUT2D eigenvalue weighted by molar-refractivity contribution is 14.0. The summed E-state index contributed by atoms with van der Waals surface area (Å²) < 4.78 is 5.23. The van der Waals surface area contributed by atoms with Crippen LogP contribution in [0.5, 0.6) is 5.75 Å². The Bertz CT molecular complexity index is 863. The normalized spacial score (nSPS) is 13.8. The van der Waals surface area contributed by atoms with Crippen LogP contribution in [-0.2, 0) is 13.1 Å². The SMILES string of the molecule is CCNC(=NCc1ccc(C(=O)N2CCCCC2)cc1)N(C)Cc1ccc(OC)cc1.I. The van der Waals surface area contributed by atoms with Gasteiger partial charge in [-0.25, -0.2) is 4.99 Å². The molecule has 0 aromatic heterocycles. The number of hydrogen-bond donors (Lipinski definition) is 1. The number of nitrogens with one attached hydrogen (secondary N) is 1. The van der Waals surface area contributed by atoms with Gasteiger partial charge < -0.3 is 19.9 Å². The average molecular weight is 550 g/mol. The van der Waals surface area contributed by atoms with Crippen molar-refractivity contribution >= 4 is 35.8 Å². The molecule has 0 unspecified atom stereocenters. The molecule has 0 atom stereocenters. The summed E-state index contributed by atoms with van der Waals surface area (Å²) in [5, 5.41) is 3.36. The fraction of sp³-hybridized carbons (Fsp3) is 0.440. The van der Waals surface area contributed by atoms with Gasteiger partial charge in [0.15, 0.2) is 5.96 Å². The second-order valence-electron chi connectivity index (χ2n) is 7.92. The van der Waals surface area contributed by atoms with Crippen LogP contribution in [0, 0.1) is 0 Å². The number of piperidine rings is 1. The monoisotopic (exact) mass is 550 g/mol. The molecule has 3 rings (SSSR count). The number of benzene rings is 2. The van der Waals surface area contributed by atoms with Gasteiger partial charge in [0.25, 0.3) is 5.91 Å². The van der Waals surface area contributed by atoms with Gasteiger partial charge in [0, 0.05) is 38.8 Å². The standard InChI is InChI=1S/C25H34N4O2.HI/c1-4-26-25(28(2)19-21-10-14-23(31-3)15-11-21)27-18-20-8-12-22(13-9-20)24(30)29-16-6-5-7-17-29;/h8-15H,4-7,16-19H2,1-3H3,(H,26,27);1H. The van der Waals surface area contributed by atoms with E-state index in [4.69, 9.17) is 9.73 Å². The quantitative estimate of drug-likeness (QED) is 0.313. The summed E-state index contributed by atoms with van der Waals surface area (Å²) in [5.41, 5.74) is 3.04. The first kappa shape index (κ1) is 26.0. The molecular formula is C25H35IN4O2. The van der Waals surface area contributed by atoms with E-state index < -0.39 is 0 Å². The molecule has 1 saturated heterocycles. The van der Waals surface area contributed by atoms with Gasteiger partial charge in [-0.05, 0) is 61.6 Å². The molecule has 32 heavy (non-hydrogen) atoms. The number of carbonyl (C=O) groups excluding carboxylic acids is 1. The predicted octanol–water partition coefficient (Wildman–Crippen LogP) is 4.54. The fourth-order valence-corrected chi connectivity index (χ4v) is 3.75. The van der Waals surface area contributed by atoms with Gasteiger partial charge >= 0.3 is 0 Å². The summed E-state index contributed by atoms with van der Waals surface area (Å²) in [6, 6.07) is 15.9. The van der Waals surface area contributed by atoms with E-state index in [-0.39, 0.29) is 29.9 Å². The van der Waals surface area contributed by atoms with E-state index in [1.54, 1.807) is 7.11 Å². The molecule has 6 nitrogen and oxygen atoms in total. The molecular weight excluding hydrogens is 515 g/mol. The molecule has 1 fully saturated rings. The number of halogens is 1. The number of aliphatic imine (C=N–C) groups is 1. The molecule has 1 amide bonds. The van der Waals surface area contributed by atoms with E-state index in [9.17, 15) is 4.79 Å².